The van der Waals surface area contributed by atoms with Gasteiger partial charge in [-0.15, -0.1) is 0 Å². The Kier molecular flexibility index (Phi) is 7.54. The van der Waals surface area contributed by atoms with Crippen LogP contribution < -0.4 is 14.8 Å². The number of nitrogens with one attached hydrogen (secondary N) is 1. The summed E-state index contributed by atoms with van der Waals surface area (Å²) in [5, 5.41) is 3.73. The van der Waals surface area contributed by atoms with E-state index in [2.05, 4.69) is 35.1 Å². The normalized spacial score (nSPS) is 11.0. The minimum atomic E-state index is -0.367. The number of rotatable bonds is 8. The predicted molar refractivity (Wildman–Crippen MR) is 103 cm³/mol. The van der Waals surface area contributed by atoms with Crippen LogP contribution >= 0.6 is 27.5 Å². The summed E-state index contributed by atoms with van der Waals surface area (Å²) >= 11 is 9.64. The lowest BCUT2D eigenvalue weighted by Crippen LogP contribution is -2.22. The third-order valence-corrected chi connectivity index (χ3v) is 4.60. The van der Waals surface area contributed by atoms with Crippen LogP contribution in [0.15, 0.2) is 34.8 Å². The fourth-order valence-electron chi connectivity index (χ4n) is 2.20. The fraction of sp³-hybridized carbons (Fsp3) is 0.368. The summed E-state index contributed by atoms with van der Waals surface area (Å²) in [7, 11) is 0. The zero-order valence-electron chi connectivity index (χ0n) is 14.5. The molecule has 0 aliphatic heterocycles. The maximum atomic E-state index is 13.1. The lowest BCUT2D eigenvalue weighted by Gasteiger charge is -2.16. The molecule has 0 amide bonds. The van der Waals surface area contributed by atoms with Crippen molar-refractivity contribution in [1.29, 1.82) is 0 Å². The molecule has 0 saturated carbocycles. The summed E-state index contributed by atoms with van der Waals surface area (Å²) < 4.78 is 25.7. The minimum absolute atomic E-state index is 0.231. The molecule has 1 N–H and O–H groups in total. The lowest BCUT2D eigenvalue weighted by molar-refractivity contribution is 0.268. The third-order valence-electron chi connectivity index (χ3n) is 3.51. The number of benzene rings is 2. The molecule has 136 valence electrons. The number of hydrogen-bond donors (Lipinski definition) is 1. The molecule has 2 aromatic rings. The second kappa shape index (κ2) is 9.41. The minimum Gasteiger partial charge on any atom is -0.490 e. The Labute approximate surface area is 161 Å². The Morgan fingerprint density at radius 3 is 2.48 bits per heavy atom. The SMILES string of the molecule is CCOc1cc(CNC(C)C)c(Br)cc1OCc1ccc(F)cc1Cl. The summed E-state index contributed by atoms with van der Waals surface area (Å²) in [6.07, 6.45) is 0. The summed E-state index contributed by atoms with van der Waals surface area (Å²) in [5.41, 5.74) is 1.80. The zero-order valence-corrected chi connectivity index (χ0v) is 16.9. The second-order valence-corrected chi connectivity index (χ2v) is 7.14. The third kappa shape index (κ3) is 5.87. The Hall–Kier alpha value is -1.30. The highest BCUT2D eigenvalue weighted by atomic mass is 79.9. The molecule has 6 heteroatoms. The molecule has 25 heavy (non-hydrogen) atoms. The van der Waals surface area contributed by atoms with Crippen molar-refractivity contribution in [2.45, 2.75) is 40.0 Å². The average molecular weight is 431 g/mol. The average Bonchev–Trinajstić information content (AvgIpc) is 2.54. The van der Waals surface area contributed by atoms with Crippen molar-refractivity contribution in [2.24, 2.45) is 0 Å². The van der Waals surface area contributed by atoms with Crippen LogP contribution in [0.4, 0.5) is 4.39 Å². The van der Waals surface area contributed by atoms with Gasteiger partial charge in [-0.3, -0.25) is 0 Å². The molecule has 0 saturated heterocycles. The van der Waals surface area contributed by atoms with Gasteiger partial charge in [0.15, 0.2) is 11.5 Å². The maximum Gasteiger partial charge on any atom is 0.162 e. The molecule has 2 rings (SSSR count). The van der Waals surface area contributed by atoms with E-state index in [9.17, 15) is 4.39 Å². The Morgan fingerprint density at radius 1 is 1.12 bits per heavy atom. The van der Waals surface area contributed by atoms with Crippen molar-refractivity contribution in [3.05, 3.63) is 56.8 Å². The van der Waals surface area contributed by atoms with Gasteiger partial charge in [-0.2, -0.15) is 0 Å². The van der Waals surface area contributed by atoms with Crippen LogP contribution in [0.5, 0.6) is 11.5 Å². The molecule has 3 nitrogen and oxygen atoms in total. The molecule has 0 unspecified atom stereocenters. The van der Waals surface area contributed by atoms with E-state index in [1.807, 2.05) is 19.1 Å². The van der Waals surface area contributed by atoms with E-state index in [1.165, 1.54) is 12.1 Å². The first-order valence-electron chi connectivity index (χ1n) is 8.16. The number of hydrogen-bond acceptors (Lipinski definition) is 3. The van der Waals surface area contributed by atoms with E-state index in [-0.39, 0.29) is 12.4 Å². The fourth-order valence-corrected chi connectivity index (χ4v) is 2.89. The van der Waals surface area contributed by atoms with Gasteiger partial charge in [0.2, 0.25) is 0 Å². The van der Waals surface area contributed by atoms with Gasteiger partial charge >= 0.3 is 0 Å². The monoisotopic (exact) mass is 429 g/mol. The largest absolute Gasteiger partial charge is 0.490 e. The van der Waals surface area contributed by atoms with Crippen molar-refractivity contribution in [1.82, 2.24) is 5.32 Å². The topological polar surface area (TPSA) is 30.5 Å². The second-order valence-electron chi connectivity index (χ2n) is 5.88. The summed E-state index contributed by atoms with van der Waals surface area (Å²) in [4.78, 5) is 0. The van der Waals surface area contributed by atoms with Crippen LogP contribution in [0.2, 0.25) is 5.02 Å². The molecule has 0 bridgehead atoms. The summed E-state index contributed by atoms with van der Waals surface area (Å²) in [6, 6.07) is 8.50. The van der Waals surface area contributed by atoms with Gasteiger partial charge in [0.1, 0.15) is 12.4 Å². The molecule has 0 spiro atoms. The lowest BCUT2D eigenvalue weighted by atomic mass is 10.2. The van der Waals surface area contributed by atoms with Gasteiger partial charge < -0.3 is 14.8 Å². The van der Waals surface area contributed by atoms with Gasteiger partial charge in [-0.25, -0.2) is 4.39 Å². The van der Waals surface area contributed by atoms with Crippen molar-refractivity contribution in [3.63, 3.8) is 0 Å². The van der Waals surface area contributed by atoms with Gasteiger partial charge in [0, 0.05) is 22.6 Å². The summed E-state index contributed by atoms with van der Waals surface area (Å²) in [5.74, 6) is 0.917. The molecular formula is C19H22BrClFNO2. The number of halogens is 3. The first-order chi connectivity index (χ1) is 11.9. The van der Waals surface area contributed by atoms with E-state index >= 15 is 0 Å². The predicted octanol–water partition coefficient (Wildman–Crippen LogP) is 5.72. The first kappa shape index (κ1) is 20.0. The van der Waals surface area contributed by atoms with E-state index in [0.29, 0.717) is 34.7 Å². The van der Waals surface area contributed by atoms with E-state index < -0.39 is 0 Å². The van der Waals surface area contributed by atoms with Crippen molar-refractivity contribution >= 4 is 27.5 Å². The Balaban J connectivity index is 2.19. The number of ether oxygens (including phenoxy) is 2. The van der Waals surface area contributed by atoms with E-state index in [0.717, 1.165) is 16.6 Å². The highest BCUT2D eigenvalue weighted by molar-refractivity contribution is 9.10. The van der Waals surface area contributed by atoms with Crippen molar-refractivity contribution in [2.75, 3.05) is 6.61 Å². The molecule has 0 heterocycles. The standard InChI is InChI=1S/C19H22BrClFNO2/c1-4-24-18-7-14(10-23-12(2)3)16(20)9-19(18)25-11-13-5-6-15(22)8-17(13)21/h5-9,12,23H,4,10-11H2,1-3H3. The van der Waals surface area contributed by atoms with E-state index in [1.54, 1.807) is 6.07 Å². The van der Waals surface area contributed by atoms with Crippen LogP contribution in [0.1, 0.15) is 31.9 Å². The van der Waals surface area contributed by atoms with Crippen LogP contribution in [-0.2, 0) is 13.2 Å². The van der Waals surface area contributed by atoms with Crippen LogP contribution in [0.3, 0.4) is 0 Å². The molecular weight excluding hydrogens is 409 g/mol. The molecule has 0 aliphatic carbocycles. The molecule has 2 aromatic carbocycles. The molecule has 0 radical (unpaired) electrons. The molecule has 0 aliphatic rings. The van der Waals surface area contributed by atoms with Crippen molar-refractivity contribution in [3.8, 4) is 11.5 Å². The van der Waals surface area contributed by atoms with Gasteiger partial charge in [-0.05, 0) is 36.8 Å². The van der Waals surface area contributed by atoms with Crippen molar-refractivity contribution < 1.29 is 13.9 Å². The van der Waals surface area contributed by atoms with Crippen LogP contribution in [-0.4, -0.2) is 12.6 Å². The van der Waals surface area contributed by atoms with Crippen LogP contribution in [0.25, 0.3) is 0 Å². The molecule has 0 aromatic heterocycles. The first-order valence-corrected chi connectivity index (χ1v) is 9.33. The Morgan fingerprint density at radius 2 is 1.84 bits per heavy atom. The van der Waals surface area contributed by atoms with Gasteiger partial charge in [-0.1, -0.05) is 47.4 Å². The smallest absolute Gasteiger partial charge is 0.162 e. The molecule has 0 fully saturated rings. The van der Waals surface area contributed by atoms with E-state index in [4.69, 9.17) is 21.1 Å². The maximum absolute atomic E-state index is 13.1. The quantitative estimate of drug-likeness (QED) is 0.581. The highest BCUT2D eigenvalue weighted by Gasteiger charge is 2.12. The highest BCUT2D eigenvalue weighted by Crippen LogP contribution is 2.35. The van der Waals surface area contributed by atoms with Crippen LogP contribution in [0, 0.1) is 5.82 Å². The Bertz CT molecular complexity index is 725. The summed E-state index contributed by atoms with van der Waals surface area (Å²) in [6.45, 7) is 7.61. The van der Waals surface area contributed by atoms with Gasteiger partial charge in [0.05, 0.1) is 11.6 Å². The molecule has 0 atom stereocenters. The zero-order chi connectivity index (χ0) is 18.4. The van der Waals surface area contributed by atoms with Gasteiger partial charge in [0.25, 0.3) is 0 Å².